The summed E-state index contributed by atoms with van der Waals surface area (Å²) in [4.78, 5) is 36.2. The van der Waals surface area contributed by atoms with Crippen LogP contribution in [0.1, 0.15) is 12.0 Å². The van der Waals surface area contributed by atoms with Crippen molar-refractivity contribution in [2.45, 2.75) is 6.42 Å². The van der Waals surface area contributed by atoms with Gasteiger partial charge in [0.25, 0.3) is 5.91 Å². The summed E-state index contributed by atoms with van der Waals surface area (Å²) < 4.78 is 5.46. The van der Waals surface area contributed by atoms with E-state index in [4.69, 9.17) is 22.1 Å². The van der Waals surface area contributed by atoms with Crippen molar-refractivity contribution >= 4 is 52.2 Å². The molecule has 1 aromatic carbocycles. The molecule has 9 heteroatoms. The second kappa shape index (κ2) is 8.63. The van der Waals surface area contributed by atoms with Crippen molar-refractivity contribution in [3.8, 4) is 5.75 Å². The third-order valence-corrected chi connectivity index (χ3v) is 4.66. The number of carbonyl (C=O) groups is 3. The van der Waals surface area contributed by atoms with Gasteiger partial charge in [-0.15, -0.1) is 0 Å². The molecule has 0 radical (unpaired) electrons. The third-order valence-electron chi connectivity index (χ3n) is 3.29. The first-order valence-electron chi connectivity index (χ1n) is 7.28. The summed E-state index contributed by atoms with van der Waals surface area (Å²) in [5.74, 6) is -1.12. The molecule has 1 aliphatic rings. The van der Waals surface area contributed by atoms with Crippen LogP contribution in [0.4, 0.5) is 0 Å². The number of thioether (sulfide) groups is 1. The molecule has 0 bridgehead atoms. The van der Waals surface area contributed by atoms with Crippen molar-refractivity contribution in [3.63, 3.8) is 0 Å². The SMILES string of the molecule is COc1ccc(/C=C2\SC(=S)N(CCC(=O)NCC(=O)O)C2=O)cc1. The summed E-state index contributed by atoms with van der Waals surface area (Å²) in [6, 6.07) is 7.23. The van der Waals surface area contributed by atoms with Gasteiger partial charge in [-0.25, -0.2) is 0 Å². The summed E-state index contributed by atoms with van der Waals surface area (Å²) in [6.07, 6.45) is 1.71. The Hall–Kier alpha value is -2.39. The van der Waals surface area contributed by atoms with Gasteiger partial charge in [0.2, 0.25) is 5.91 Å². The van der Waals surface area contributed by atoms with E-state index in [1.165, 1.54) is 16.7 Å². The van der Waals surface area contributed by atoms with Gasteiger partial charge >= 0.3 is 5.97 Å². The number of benzene rings is 1. The second-order valence-electron chi connectivity index (χ2n) is 5.03. The second-order valence-corrected chi connectivity index (χ2v) is 6.70. The van der Waals surface area contributed by atoms with E-state index in [0.29, 0.717) is 9.23 Å². The summed E-state index contributed by atoms with van der Waals surface area (Å²) >= 11 is 6.36. The quantitative estimate of drug-likeness (QED) is 0.546. The predicted octanol–water partition coefficient (Wildman–Crippen LogP) is 1.49. The van der Waals surface area contributed by atoms with Crippen molar-refractivity contribution in [1.82, 2.24) is 10.2 Å². The van der Waals surface area contributed by atoms with Gasteiger partial charge in [0.05, 0.1) is 12.0 Å². The van der Waals surface area contributed by atoms with Crippen molar-refractivity contribution in [2.75, 3.05) is 20.2 Å². The zero-order valence-electron chi connectivity index (χ0n) is 13.4. The number of amides is 2. The number of aliphatic carboxylic acids is 1. The lowest BCUT2D eigenvalue weighted by Crippen LogP contribution is -2.35. The minimum absolute atomic E-state index is 0.0183. The number of hydrogen-bond acceptors (Lipinski definition) is 6. The highest BCUT2D eigenvalue weighted by Crippen LogP contribution is 2.32. The van der Waals surface area contributed by atoms with Gasteiger partial charge in [0.15, 0.2) is 0 Å². The topological polar surface area (TPSA) is 95.9 Å². The summed E-state index contributed by atoms with van der Waals surface area (Å²) in [5.41, 5.74) is 0.834. The Balaban J connectivity index is 1.97. The summed E-state index contributed by atoms with van der Waals surface area (Å²) in [7, 11) is 1.58. The highest BCUT2D eigenvalue weighted by atomic mass is 32.2. The zero-order valence-corrected chi connectivity index (χ0v) is 15.0. The van der Waals surface area contributed by atoms with Crippen molar-refractivity contribution in [1.29, 1.82) is 0 Å². The largest absolute Gasteiger partial charge is 0.497 e. The van der Waals surface area contributed by atoms with E-state index < -0.39 is 18.4 Å². The average molecular weight is 380 g/mol. The maximum Gasteiger partial charge on any atom is 0.322 e. The minimum atomic E-state index is -1.12. The fourth-order valence-electron chi connectivity index (χ4n) is 2.02. The van der Waals surface area contributed by atoms with Gasteiger partial charge in [-0.3, -0.25) is 19.3 Å². The van der Waals surface area contributed by atoms with Crippen LogP contribution in [0.5, 0.6) is 5.75 Å². The van der Waals surface area contributed by atoms with Crippen LogP contribution in [0.2, 0.25) is 0 Å². The van der Waals surface area contributed by atoms with Gasteiger partial charge in [-0.1, -0.05) is 36.1 Å². The normalized spacial score (nSPS) is 15.6. The summed E-state index contributed by atoms with van der Waals surface area (Å²) in [5, 5.41) is 10.8. The number of methoxy groups -OCH3 is 1. The van der Waals surface area contributed by atoms with Crippen LogP contribution in [0, 0.1) is 0 Å². The molecule has 1 aliphatic heterocycles. The lowest BCUT2D eigenvalue weighted by atomic mass is 10.2. The summed E-state index contributed by atoms with van der Waals surface area (Å²) in [6.45, 7) is -0.343. The first-order valence-corrected chi connectivity index (χ1v) is 8.51. The zero-order chi connectivity index (χ0) is 18.4. The first kappa shape index (κ1) is 18.9. The van der Waals surface area contributed by atoms with Crippen LogP contribution in [-0.2, 0) is 14.4 Å². The number of nitrogens with zero attached hydrogens (tertiary/aromatic N) is 1. The molecule has 1 saturated heterocycles. The molecule has 1 fully saturated rings. The van der Waals surface area contributed by atoms with E-state index >= 15 is 0 Å². The molecule has 25 heavy (non-hydrogen) atoms. The maximum absolute atomic E-state index is 12.4. The molecule has 2 N–H and O–H groups in total. The van der Waals surface area contributed by atoms with Crippen LogP contribution in [-0.4, -0.2) is 52.3 Å². The smallest absolute Gasteiger partial charge is 0.322 e. The molecule has 0 saturated carbocycles. The van der Waals surface area contributed by atoms with Crippen LogP contribution < -0.4 is 10.1 Å². The highest BCUT2D eigenvalue weighted by Gasteiger charge is 2.32. The van der Waals surface area contributed by atoms with Crippen LogP contribution in [0.15, 0.2) is 29.2 Å². The number of carboxylic acid groups (broad SMARTS) is 1. The molecule has 0 unspecified atom stereocenters. The van der Waals surface area contributed by atoms with Gasteiger partial charge in [-0.2, -0.15) is 0 Å². The van der Waals surface area contributed by atoms with Gasteiger partial charge < -0.3 is 15.2 Å². The Morgan fingerprint density at radius 2 is 2.04 bits per heavy atom. The van der Waals surface area contributed by atoms with Crippen LogP contribution >= 0.6 is 24.0 Å². The van der Waals surface area contributed by atoms with Crippen LogP contribution in [0.25, 0.3) is 6.08 Å². The molecule has 7 nitrogen and oxygen atoms in total. The van der Waals surface area contributed by atoms with E-state index in [0.717, 1.165) is 11.3 Å². The van der Waals surface area contributed by atoms with Gasteiger partial charge in [-0.05, 0) is 23.8 Å². The standard InChI is InChI=1S/C16H16N2O5S2/c1-23-11-4-2-10(3-5-11)8-12-15(22)18(16(24)25-12)7-6-13(19)17-9-14(20)21/h2-5,8H,6-7,9H2,1H3,(H,17,19)(H,20,21)/b12-8-. The molecule has 0 spiro atoms. The maximum atomic E-state index is 12.4. The van der Waals surface area contributed by atoms with E-state index in [2.05, 4.69) is 5.32 Å². The Morgan fingerprint density at radius 3 is 2.64 bits per heavy atom. The van der Waals surface area contributed by atoms with Crippen LogP contribution in [0.3, 0.4) is 0 Å². The van der Waals surface area contributed by atoms with Gasteiger partial charge in [0, 0.05) is 13.0 Å². The monoisotopic (exact) mass is 380 g/mol. The third kappa shape index (κ3) is 5.30. The number of nitrogens with one attached hydrogen (secondary N) is 1. The fraction of sp³-hybridized carbons (Fsp3) is 0.250. The number of hydrogen-bond donors (Lipinski definition) is 2. The number of carboxylic acids is 1. The molecule has 2 amide bonds. The van der Waals surface area contributed by atoms with Gasteiger partial charge in [0.1, 0.15) is 16.6 Å². The highest BCUT2D eigenvalue weighted by molar-refractivity contribution is 8.26. The van der Waals surface area contributed by atoms with Crippen molar-refractivity contribution in [3.05, 3.63) is 34.7 Å². The molecule has 0 atom stereocenters. The predicted molar refractivity (Wildman–Crippen MR) is 98.1 cm³/mol. The lowest BCUT2D eigenvalue weighted by molar-refractivity contribution is -0.138. The fourth-order valence-corrected chi connectivity index (χ4v) is 3.33. The Morgan fingerprint density at radius 1 is 1.36 bits per heavy atom. The lowest BCUT2D eigenvalue weighted by Gasteiger charge is -2.13. The molecule has 0 aromatic heterocycles. The van der Waals surface area contributed by atoms with Crippen molar-refractivity contribution in [2.24, 2.45) is 0 Å². The average Bonchev–Trinajstić information content (AvgIpc) is 2.85. The Labute approximate surface area is 154 Å². The molecule has 0 aliphatic carbocycles. The van der Waals surface area contributed by atoms with E-state index in [-0.39, 0.29) is 18.9 Å². The number of rotatable bonds is 7. The molecular weight excluding hydrogens is 364 g/mol. The Bertz CT molecular complexity index is 731. The van der Waals surface area contributed by atoms with E-state index in [1.807, 2.05) is 12.1 Å². The number of carbonyl (C=O) groups excluding carboxylic acids is 2. The van der Waals surface area contributed by atoms with E-state index in [1.54, 1.807) is 25.3 Å². The molecule has 1 heterocycles. The first-order chi connectivity index (χ1) is 11.9. The van der Waals surface area contributed by atoms with E-state index in [9.17, 15) is 14.4 Å². The minimum Gasteiger partial charge on any atom is -0.497 e. The molecule has 1 aromatic rings. The molecule has 2 rings (SSSR count). The molecule has 132 valence electrons. The van der Waals surface area contributed by atoms with Crippen molar-refractivity contribution < 1.29 is 24.2 Å². The molecular formula is C16H16N2O5S2. The number of thiocarbonyl (C=S) groups is 1. The number of ether oxygens (including phenoxy) is 1. The Kier molecular flexibility index (Phi) is 6.54.